The van der Waals surface area contributed by atoms with Gasteiger partial charge in [0.15, 0.2) is 0 Å². The molecule has 1 aromatic rings. The fourth-order valence-electron chi connectivity index (χ4n) is 4.31. The van der Waals surface area contributed by atoms with Gasteiger partial charge in [-0.15, -0.1) is 0 Å². The van der Waals surface area contributed by atoms with Crippen molar-refractivity contribution in [1.82, 2.24) is 20.2 Å². The van der Waals surface area contributed by atoms with Gasteiger partial charge in [-0.05, 0) is 70.0 Å². The molecule has 4 heteroatoms. The van der Waals surface area contributed by atoms with Crippen LogP contribution in [0.3, 0.4) is 0 Å². The number of piperidine rings is 1. The van der Waals surface area contributed by atoms with Crippen molar-refractivity contribution >= 4 is 0 Å². The second-order valence-electron chi connectivity index (χ2n) is 6.91. The third-order valence-electron chi connectivity index (χ3n) is 5.41. The van der Waals surface area contributed by atoms with E-state index in [1.807, 2.05) is 0 Å². The molecule has 1 aliphatic heterocycles. The Kier molecular flexibility index (Phi) is 5.09. The van der Waals surface area contributed by atoms with Crippen LogP contribution in [0.25, 0.3) is 0 Å². The Bertz CT molecular complexity index is 502. The first-order valence-electron chi connectivity index (χ1n) is 9.03. The third kappa shape index (κ3) is 3.04. The molecule has 3 rings (SSSR count). The zero-order valence-electron chi connectivity index (χ0n) is 14.3. The Morgan fingerprint density at radius 3 is 2.82 bits per heavy atom. The van der Waals surface area contributed by atoms with Crippen LogP contribution in [0.2, 0.25) is 0 Å². The maximum Gasteiger partial charge on any atom is 0.115 e. The molecule has 0 spiro atoms. The SMILES string of the molecule is CCCN[C@@H]1CC[C@@H]2Cc3ncnc(C)c3CC2N1CCC. The molecule has 1 aromatic heterocycles. The van der Waals surface area contributed by atoms with Crippen molar-refractivity contribution in [1.29, 1.82) is 0 Å². The zero-order valence-corrected chi connectivity index (χ0v) is 14.3. The molecule has 2 heterocycles. The first-order valence-corrected chi connectivity index (χ1v) is 9.03. The quantitative estimate of drug-likeness (QED) is 0.908. The van der Waals surface area contributed by atoms with E-state index in [1.54, 1.807) is 6.33 Å². The summed E-state index contributed by atoms with van der Waals surface area (Å²) in [6.45, 7) is 9.01. The van der Waals surface area contributed by atoms with Crippen LogP contribution in [0.1, 0.15) is 56.5 Å². The van der Waals surface area contributed by atoms with Gasteiger partial charge in [-0.25, -0.2) is 9.97 Å². The van der Waals surface area contributed by atoms with E-state index < -0.39 is 0 Å². The molecule has 3 atom stereocenters. The molecule has 0 amide bonds. The van der Waals surface area contributed by atoms with E-state index in [1.165, 1.54) is 49.2 Å². The Morgan fingerprint density at radius 2 is 2.05 bits per heavy atom. The average molecular weight is 302 g/mol. The van der Waals surface area contributed by atoms with Crippen LogP contribution in [-0.4, -0.2) is 40.2 Å². The van der Waals surface area contributed by atoms with Crippen LogP contribution in [-0.2, 0) is 12.8 Å². The lowest BCUT2D eigenvalue weighted by Crippen LogP contribution is -2.59. The van der Waals surface area contributed by atoms with E-state index in [4.69, 9.17) is 0 Å². The van der Waals surface area contributed by atoms with E-state index in [0.29, 0.717) is 12.2 Å². The van der Waals surface area contributed by atoms with E-state index >= 15 is 0 Å². The summed E-state index contributed by atoms with van der Waals surface area (Å²) in [5.74, 6) is 0.771. The second-order valence-corrected chi connectivity index (χ2v) is 6.91. The molecule has 1 N–H and O–H groups in total. The van der Waals surface area contributed by atoms with Gasteiger partial charge in [0, 0.05) is 17.4 Å². The molecular formula is C18H30N4. The molecule has 1 fully saturated rings. The van der Waals surface area contributed by atoms with Crippen LogP contribution in [0, 0.1) is 12.8 Å². The lowest BCUT2D eigenvalue weighted by atomic mass is 9.76. The maximum atomic E-state index is 4.57. The summed E-state index contributed by atoms with van der Waals surface area (Å²) in [5, 5.41) is 3.77. The zero-order chi connectivity index (χ0) is 15.5. The molecule has 0 aromatic carbocycles. The maximum absolute atomic E-state index is 4.57. The molecular weight excluding hydrogens is 272 g/mol. The van der Waals surface area contributed by atoms with Gasteiger partial charge >= 0.3 is 0 Å². The Balaban J connectivity index is 1.82. The highest BCUT2D eigenvalue weighted by Crippen LogP contribution is 2.36. The summed E-state index contributed by atoms with van der Waals surface area (Å²) in [5.41, 5.74) is 3.91. The minimum Gasteiger partial charge on any atom is -0.302 e. The predicted octanol–water partition coefficient (Wildman–Crippen LogP) is 2.70. The normalized spacial score (nSPS) is 28.2. The van der Waals surface area contributed by atoms with Gasteiger partial charge in [-0.1, -0.05) is 13.8 Å². The largest absolute Gasteiger partial charge is 0.302 e. The summed E-state index contributed by atoms with van der Waals surface area (Å²) >= 11 is 0. The van der Waals surface area contributed by atoms with Gasteiger partial charge in [-0.3, -0.25) is 4.90 Å². The number of hydrogen-bond acceptors (Lipinski definition) is 4. The molecule has 1 saturated heterocycles. The molecule has 1 aliphatic carbocycles. The minimum absolute atomic E-state index is 0.563. The molecule has 1 unspecified atom stereocenters. The van der Waals surface area contributed by atoms with Gasteiger partial charge in [0.25, 0.3) is 0 Å². The summed E-state index contributed by atoms with van der Waals surface area (Å²) in [6, 6.07) is 0.667. The fourth-order valence-corrected chi connectivity index (χ4v) is 4.31. The van der Waals surface area contributed by atoms with Crippen LogP contribution in [0.15, 0.2) is 6.33 Å². The number of rotatable bonds is 5. The summed E-state index contributed by atoms with van der Waals surface area (Å²) in [6.07, 6.45) is 9.63. The van der Waals surface area contributed by atoms with Crippen LogP contribution in [0.4, 0.5) is 0 Å². The molecule has 2 aliphatic rings. The number of likely N-dealkylation sites (tertiary alicyclic amines) is 1. The highest BCUT2D eigenvalue weighted by molar-refractivity contribution is 5.29. The molecule has 0 bridgehead atoms. The minimum atomic E-state index is 0.563. The Labute approximate surface area is 134 Å². The van der Waals surface area contributed by atoms with Crippen molar-refractivity contribution < 1.29 is 0 Å². The van der Waals surface area contributed by atoms with Crippen molar-refractivity contribution in [2.75, 3.05) is 13.1 Å². The summed E-state index contributed by atoms with van der Waals surface area (Å²) in [4.78, 5) is 11.7. The van der Waals surface area contributed by atoms with Crippen LogP contribution >= 0.6 is 0 Å². The van der Waals surface area contributed by atoms with E-state index in [0.717, 1.165) is 25.3 Å². The first-order chi connectivity index (χ1) is 10.7. The number of aryl methyl sites for hydroxylation is 1. The number of fused-ring (bicyclic) bond motifs is 2. The highest BCUT2D eigenvalue weighted by Gasteiger charge is 2.40. The summed E-state index contributed by atoms with van der Waals surface area (Å²) in [7, 11) is 0. The van der Waals surface area contributed by atoms with E-state index in [-0.39, 0.29) is 0 Å². The van der Waals surface area contributed by atoms with Crippen molar-refractivity contribution in [2.24, 2.45) is 5.92 Å². The van der Waals surface area contributed by atoms with Gasteiger partial charge < -0.3 is 5.32 Å². The van der Waals surface area contributed by atoms with Gasteiger partial charge in [0.05, 0.1) is 6.17 Å². The monoisotopic (exact) mass is 302 g/mol. The van der Waals surface area contributed by atoms with E-state index in [9.17, 15) is 0 Å². The number of hydrogen-bond donors (Lipinski definition) is 1. The Morgan fingerprint density at radius 1 is 1.18 bits per heavy atom. The van der Waals surface area contributed by atoms with Crippen molar-refractivity contribution in [3.05, 3.63) is 23.3 Å². The van der Waals surface area contributed by atoms with Crippen LogP contribution < -0.4 is 5.32 Å². The molecule has 4 nitrogen and oxygen atoms in total. The van der Waals surface area contributed by atoms with Crippen molar-refractivity contribution in [3.8, 4) is 0 Å². The Hall–Kier alpha value is -1.00. The number of nitrogens with one attached hydrogen (secondary N) is 1. The van der Waals surface area contributed by atoms with Gasteiger partial charge in [0.2, 0.25) is 0 Å². The molecule has 0 radical (unpaired) electrons. The second kappa shape index (κ2) is 7.05. The fraction of sp³-hybridized carbons (Fsp3) is 0.778. The molecule has 0 saturated carbocycles. The predicted molar refractivity (Wildman–Crippen MR) is 89.8 cm³/mol. The number of nitrogens with zero attached hydrogens (tertiary/aromatic N) is 3. The van der Waals surface area contributed by atoms with Crippen molar-refractivity contribution in [3.63, 3.8) is 0 Å². The van der Waals surface area contributed by atoms with Crippen molar-refractivity contribution in [2.45, 2.75) is 71.5 Å². The molecule has 122 valence electrons. The standard InChI is InChI=1S/C18H30N4/c1-4-8-19-18-7-6-14-10-16-15(13(3)20-12-21-16)11-17(14)22(18)9-5-2/h12,14,17-19H,4-11H2,1-3H3/t14-,17?,18+/m1/s1. The van der Waals surface area contributed by atoms with Crippen LogP contribution in [0.5, 0.6) is 0 Å². The summed E-state index contributed by atoms with van der Waals surface area (Å²) < 4.78 is 0. The lowest BCUT2D eigenvalue weighted by Gasteiger charge is -2.49. The third-order valence-corrected chi connectivity index (χ3v) is 5.41. The molecule has 22 heavy (non-hydrogen) atoms. The van der Waals surface area contributed by atoms with E-state index in [2.05, 4.69) is 41.0 Å². The number of aromatic nitrogens is 2. The first kappa shape index (κ1) is 15.9. The van der Waals surface area contributed by atoms with Gasteiger partial charge in [0.1, 0.15) is 6.33 Å². The topological polar surface area (TPSA) is 41.1 Å². The van der Waals surface area contributed by atoms with Gasteiger partial charge in [-0.2, -0.15) is 0 Å². The lowest BCUT2D eigenvalue weighted by molar-refractivity contribution is 0.0171. The smallest absolute Gasteiger partial charge is 0.115 e. The highest BCUT2D eigenvalue weighted by atomic mass is 15.3. The average Bonchev–Trinajstić information content (AvgIpc) is 2.53.